The van der Waals surface area contributed by atoms with Crippen LogP contribution in [0.5, 0.6) is 0 Å². The minimum atomic E-state index is -1.12. The maximum absolute atomic E-state index is 11.3. The van der Waals surface area contributed by atoms with Gasteiger partial charge in [-0.3, -0.25) is 19.3 Å². The van der Waals surface area contributed by atoms with Gasteiger partial charge in [0.05, 0.1) is 6.54 Å². The van der Waals surface area contributed by atoms with Crippen molar-refractivity contribution < 1.29 is 24.3 Å². The number of aliphatic carboxylic acids is 1. The topological polar surface area (TPSA) is 130 Å². The zero-order valence-electron chi connectivity index (χ0n) is 11.1. The SMILES string of the molecule is NCC(=O)N[C@@H](CCCCN1C(=O)CCC1=O)C(=O)O. The zero-order chi connectivity index (χ0) is 15.1. The van der Waals surface area contributed by atoms with Crippen molar-refractivity contribution >= 4 is 23.7 Å². The third kappa shape index (κ3) is 4.61. The van der Waals surface area contributed by atoms with E-state index in [1.165, 1.54) is 4.90 Å². The number of unbranched alkanes of at least 4 members (excludes halogenated alkanes) is 1. The van der Waals surface area contributed by atoms with E-state index in [0.29, 0.717) is 19.4 Å². The Bertz CT molecular complexity index is 394. The van der Waals surface area contributed by atoms with Crippen LogP contribution in [0.15, 0.2) is 0 Å². The molecule has 3 amide bonds. The lowest BCUT2D eigenvalue weighted by Crippen LogP contribution is -2.43. The summed E-state index contributed by atoms with van der Waals surface area (Å²) in [7, 11) is 0. The highest BCUT2D eigenvalue weighted by Crippen LogP contribution is 2.13. The first-order chi connectivity index (χ1) is 9.45. The number of carboxylic acid groups (broad SMARTS) is 1. The summed E-state index contributed by atoms with van der Waals surface area (Å²) >= 11 is 0. The van der Waals surface area contributed by atoms with E-state index in [1.807, 2.05) is 0 Å². The molecule has 1 rings (SSSR count). The lowest BCUT2D eigenvalue weighted by Gasteiger charge is -2.16. The van der Waals surface area contributed by atoms with E-state index >= 15 is 0 Å². The normalized spacial score (nSPS) is 16.4. The first-order valence-corrected chi connectivity index (χ1v) is 6.51. The minimum Gasteiger partial charge on any atom is -0.480 e. The summed E-state index contributed by atoms with van der Waals surface area (Å²) in [5.41, 5.74) is 5.10. The van der Waals surface area contributed by atoms with Crippen LogP contribution in [0.1, 0.15) is 32.1 Å². The standard InChI is InChI=1S/C12H19N3O5/c13-7-9(16)14-8(12(19)20)3-1-2-6-15-10(17)4-5-11(15)18/h8H,1-7,13H2,(H,14,16)(H,19,20)/t8-/m0/s1. The summed E-state index contributed by atoms with van der Waals surface area (Å²) in [6.45, 7) is 0.0371. The van der Waals surface area contributed by atoms with E-state index < -0.39 is 17.9 Å². The summed E-state index contributed by atoms with van der Waals surface area (Å²) in [6.07, 6.45) is 1.74. The fourth-order valence-electron chi connectivity index (χ4n) is 2.00. The number of carbonyl (C=O) groups is 4. The van der Waals surface area contributed by atoms with E-state index in [1.54, 1.807) is 0 Å². The molecule has 0 saturated carbocycles. The molecule has 112 valence electrons. The molecular formula is C12H19N3O5. The lowest BCUT2D eigenvalue weighted by atomic mass is 10.1. The first-order valence-electron chi connectivity index (χ1n) is 6.51. The van der Waals surface area contributed by atoms with Gasteiger partial charge < -0.3 is 16.2 Å². The molecule has 0 bridgehead atoms. The highest BCUT2D eigenvalue weighted by Gasteiger charge is 2.28. The Morgan fingerprint density at radius 2 is 1.85 bits per heavy atom. The van der Waals surface area contributed by atoms with Crippen LogP contribution >= 0.6 is 0 Å². The minimum absolute atomic E-state index is 0.179. The molecule has 20 heavy (non-hydrogen) atoms. The van der Waals surface area contributed by atoms with Gasteiger partial charge in [0.25, 0.3) is 0 Å². The smallest absolute Gasteiger partial charge is 0.326 e. The fourth-order valence-corrected chi connectivity index (χ4v) is 2.00. The van der Waals surface area contributed by atoms with Crippen molar-refractivity contribution in [3.05, 3.63) is 0 Å². The third-order valence-electron chi connectivity index (χ3n) is 3.10. The van der Waals surface area contributed by atoms with Gasteiger partial charge in [0.1, 0.15) is 6.04 Å². The molecule has 0 aromatic rings. The van der Waals surface area contributed by atoms with E-state index in [0.717, 1.165) is 0 Å². The number of nitrogens with zero attached hydrogens (tertiary/aromatic N) is 1. The molecule has 1 atom stereocenters. The summed E-state index contributed by atoms with van der Waals surface area (Å²) < 4.78 is 0. The molecule has 1 saturated heterocycles. The molecule has 0 aromatic heterocycles. The van der Waals surface area contributed by atoms with Crippen molar-refractivity contribution in [1.82, 2.24) is 10.2 Å². The molecule has 4 N–H and O–H groups in total. The molecule has 1 heterocycles. The van der Waals surface area contributed by atoms with Crippen LogP contribution in [0.3, 0.4) is 0 Å². The maximum Gasteiger partial charge on any atom is 0.326 e. The average molecular weight is 285 g/mol. The summed E-state index contributed by atoms with van der Waals surface area (Å²) in [6, 6.07) is -0.990. The second kappa shape index (κ2) is 7.59. The Kier molecular flexibility index (Phi) is 6.10. The first kappa shape index (κ1) is 16.1. The van der Waals surface area contributed by atoms with Crippen LogP contribution in [-0.2, 0) is 19.2 Å². The van der Waals surface area contributed by atoms with Gasteiger partial charge in [-0.1, -0.05) is 0 Å². The maximum atomic E-state index is 11.3. The highest BCUT2D eigenvalue weighted by molar-refractivity contribution is 6.01. The van der Waals surface area contributed by atoms with E-state index in [-0.39, 0.29) is 37.6 Å². The summed E-state index contributed by atoms with van der Waals surface area (Å²) in [5.74, 6) is -2.01. The number of carboxylic acids is 1. The van der Waals surface area contributed by atoms with Crippen molar-refractivity contribution in [2.24, 2.45) is 5.73 Å². The number of nitrogens with two attached hydrogens (primary N) is 1. The van der Waals surface area contributed by atoms with Crippen molar-refractivity contribution in [2.75, 3.05) is 13.1 Å². The Labute approximate surface area is 116 Å². The van der Waals surface area contributed by atoms with Crippen LogP contribution in [0.25, 0.3) is 0 Å². The van der Waals surface area contributed by atoms with Gasteiger partial charge >= 0.3 is 5.97 Å². The van der Waals surface area contributed by atoms with Crippen molar-refractivity contribution in [3.8, 4) is 0 Å². The Morgan fingerprint density at radius 3 is 2.35 bits per heavy atom. The number of carbonyl (C=O) groups excluding carboxylic acids is 3. The highest BCUT2D eigenvalue weighted by atomic mass is 16.4. The molecule has 0 radical (unpaired) electrons. The fraction of sp³-hybridized carbons (Fsp3) is 0.667. The van der Waals surface area contributed by atoms with Crippen LogP contribution in [-0.4, -0.2) is 52.8 Å². The van der Waals surface area contributed by atoms with E-state index in [2.05, 4.69) is 5.32 Å². The van der Waals surface area contributed by atoms with Crippen LogP contribution < -0.4 is 11.1 Å². The van der Waals surface area contributed by atoms with Gasteiger partial charge in [-0.15, -0.1) is 0 Å². The number of imide groups is 1. The molecule has 8 heteroatoms. The van der Waals surface area contributed by atoms with Crippen molar-refractivity contribution in [2.45, 2.75) is 38.1 Å². The predicted octanol–water partition coefficient (Wildman–Crippen LogP) is -1.17. The van der Waals surface area contributed by atoms with E-state index in [4.69, 9.17) is 10.8 Å². The third-order valence-corrected chi connectivity index (χ3v) is 3.10. The molecule has 8 nitrogen and oxygen atoms in total. The Balaban J connectivity index is 2.30. The van der Waals surface area contributed by atoms with Crippen LogP contribution in [0, 0.1) is 0 Å². The zero-order valence-corrected chi connectivity index (χ0v) is 11.1. The second-order valence-electron chi connectivity index (χ2n) is 4.60. The molecule has 0 unspecified atom stereocenters. The predicted molar refractivity (Wildman–Crippen MR) is 68.4 cm³/mol. The van der Waals surface area contributed by atoms with E-state index in [9.17, 15) is 19.2 Å². The average Bonchev–Trinajstić information content (AvgIpc) is 2.72. The molecule has 0 aromatic carbocycles. The number of rotatable bonds is 8. The van der Waals surface area contributed by atoms with Gasteiger partial charge in [-0.2, -0.15) is 0 Å². The van der Waals surface area contributed by atoms with Gasteiger partial charge in [-0.05, 0) is 19.3 Å². The number of hydrogen-bond donors (Lipinski definition) is 3. The summed E-state index contributed by atoms with van der Waals surface area (Å²) in [5, 5.41) is 11.2. The van der Waals surface area contributed by atoms with Crippen molar-refractivity contribution in [1.29, 1.82) is 0 Å². The molecule has 0 spiro atoms. The lowest BCUT2D eigenvalue weighted by molar-refractivity contribution is -0.142. The van der Waals surface area contributed by atoms with Gasteiger partial charge in [0.2, 0.25) is 17.7 Å². The number of nitrogens with one attached hydrogen (secondary N) is 1. The van der Waals surface area contributed by atoms with Crippen LogP contribution in [0.4, 0.5) is 0 Å². The molecule has 1 fully saturated rings. The monoisotopic (exact) mass is 285 g/mol. The summed E-state index contributed by atoms with van der Waals surface area (Å²) in [4.78, 5) is 45.9. The quantitative estimate of drug-likeness (QED) is 0.381. The number of likely N-dealkylation sites (tertiary alicyclic amines) is 1. The number of amides is 3. The number of hydrogen-bond acceptors (Lipinski definition) is 5. The van der Waals surface area contributed by atoms with Gasteiger partial charge in [0, 0.05) is 19.4 Å². The second-order valence-corrected chi connectivity index (χ2v) is 4.60. The Morgan fingerprint density at radius 1 is 1.25 bits per heavy atom. The van der Waals surface area contributed by atoms with Crippen molar-refractivity contribution in [3.63, 3.8) is 0 Å². The van der Waals surface area contributed by atoms with Gasteiger partial charge in [-0.25, -0.2) is 4.79 Å². The van der Waals surface area contributed by atoms with Crippen LogP contribution in [0.2, 0.25) is 0 Å². The molecule has 0 aliphatic carbocycles. The molecule has 1 aliphatic heterocycles. The Hall–Kier alpha value is -1.96. The largest absolute Gasteiger partial charge is 0.480 e. The van der Waals surface area contributed by atoms with Gasteiger partial charge in [0.15, 0.2) is 0 Å². The molecular weight excluding hydrogens is 266 g/mol. The molecule has 1 aliphatic rings.